The van der Waals surface area contributed by atoms with E-state index in [0.29, 0.717) is 57.1 Å². The van der Waals surface area contributed by atoms with Crippen molar-refractivity contribution in [2.75, 3.05) is 6.54 Å². The van der Waals surface area contributed by atoms with Gasteiger partial charge in [-0.15, -0.1) is 0 Å². The van der Waals surface area contributed by atoms with Crippen LogP contribution in [0.25, 0.3) is 10.8 Å². The van der Waals surface area contributed by atoms with Gasteiger partial charge >= 0.3 is 6.03 Å². The number of hydrogen-bond acceptors (Lipinski definition) is 4. The maximum atomic E-state index is 14.4. The number of urea groups is 1. The molecule has 0 spiro atoms. The number of fused-ring (bicyclic) bond motifs is 9. The third-order valence-electron chi connectivity index (χ3n) is 11.5. The fourth-order valence-corrected chi connectivity index (χ4v) is 8.48. The first-order chi connectivity index (χ1) is 24.8. The zero-order valence-corrected chi connectivity index (χ0v) is 30.6. The first-order valence-corrected chi connectivity index (χ1v) is 18.5. The number of hydrogen-bond donors (Lipinski definition) is 3. The number of aliphatic hydroxyl groups is 2. The average Bonchev–Trinajstić information content (AvgIpc) is 3.36. The number of aliphatic hydroxyl groups excluding tert-OH is 1. The van der Waals surface area contributed by atoms with Gasteiger partial charge in [0.1, 0.15) is 0 Å². The number of carbonyl (C=O) groups is 2. The van der Waals surface area contributed by atoms with Crippen molar-refractivity contribution in [1.82, 2.24) is 10.2 Å². The summed E-state index contributed by atoms with van der Waals surface area (Å²) >= 11 is 0. The van der Waals surface area contributed by atoms with Crippen molar-refractivity contribution in [2.24, 2.45) is 5.41 Å². The smallest absolute Gasteiger partial charge is 0.317 e. The van der Waals surface area contributed by atoms with Crippen LogP contribution >= 0.6 is 0 Å². The van der Waals surface area contributed by atoms with Crippen molar-refractivity contribution in [3.8, 4) is 0 Å². The predicted octanol–water partition coefficient (Wildman–Crippen LogP) is 9.01. The quantitative estimate of drug-likeness (QED) is 0.132. The van der Waals surface area contributed by atoms with Crippen LogP contribution in [-0.4, -0.2) is 51.2 Å². The van der Waals surface area contributed by atoms with Gasteiger partial charge in [-0.1, -0.05) is 73.2 Å². The molecule has 1 saturated carbocycles. The van der Waals surface area contributed by atoms with E-state index >= 15 is 0 Å². The highest BCUT2D eigenvalue weighted by atomic mass is 19.2. The summed E-state index contributed by atoms with van der Waals surface area (Å²) in [5.41, 5.74) is 1.86. The van der Waals surface area contributed by atoms with Crippen LogP contribution in [0.2, 0.25) is 0 Å². The fourth-order valence-electron chi connectivity index (χ4n) is 8.48. The van der Waals surface area contributed by atoms with E-state index in [0.717, 1.165) is 45.2 Å². The van der Waals surface area contributed by atoms with E-state index in [9.17, 15) is 28.6 Å². The van der Waals surface area contributed by atoms with Gasteiger partial charge in [0.2, 0.25) is 0 Å². The van der Waals surface area contributed by atoms with Gasteiger partial charge in [0, 0.05) is 29.1 Å². The Balaban J connectivity index is 1.44. The molecule has 4 aromatic rings. The zero-order chi connectivity index (χ0) is 37.2. The highest BCUT2D eigenvalue weighted by Crippen LogP contribution is 2.59. The molecule has 7 rings (SSSR count). The number of nitrogens with zero attached hydrogens (tertiary/aromatic N) is 1. The van der Waals surface area contributed by atoms with Gasteiger partial charge in [-0.3, -0.25) is 4.79 Å². The van der Waals surface area contributed by atoms with E-state index in [1.54, 1.807) is 11.0 Å². The van der Waals surface area contributed by atoms with E-state index in [1.165, 1.54) is 6.07 Å². The number of halogens is 2. The van der Waals surface area contributed by atoms with Crippen LogP contribution in [0.1, 0.15) is 105 Å². The number of allylic oxidation sites excluding steroid dienone is 2. The molecule has 2 amide bonds. The van der Waals surface area contributed by atoms with Crippen LogP contribution in [0.4, 0.5) is 13.6 Å². The zero-order valence-electron chi connectivity index (χ0n) is 30.6. The lowest BCUT2D eigenvalue weighted by Gasteiger charge is -2.46. The minimum absolute atomic E-state index is 0.0269. The lowest BCUT2D eigenvalue weighted by Crippen LogP contribution is -2.55. The summed E-state index contributed by atoms with van der Waals surface area (Å²) in [6.45, 7) is 8.32. The summed E-state index contributed by atoms with van der Waals surface area (Å²) in [7, 11) is 0. The standard InChI is InChI=1S/C44H50F2N2O4/c1-28(2)47-42(51)48(26-33-12-7-11-31-10-5-6-13-35(31)33)27-44(52)22-20-38-36-18-15-30(23-34(49)17-14-29(3)9-8-21-43(38,44)4)24-37(36)41(50)32-16-19-39(45)40(46)25-32/h5-7,9-13,15-16,18-19,24-25,28,34,38,49,52H,8,14,17,20-23,26-27H2,1-4H3,(H,47,51)/t34-,38-,43-,44+/m0/s1. The molecule has 3 aliphatic carbocycles. The lowest BCUT2D eigenvalue weighted by molar-refractivity contribution is -0.0780. The Hall–Kier alpha value is -4.40. The molecule has 274 valence electrons. The first kappa shape index (κ1) is 37.4. The molecule has 2 bridgehead atoms. The molecule has 8 heteroatoms. The molecular formula is C44H50F2N2O4. The summed E-state index contributed by atoms with van der Waals surface area (Å²) in [6.07, 6.45) is 5.31. The Bertz CT molecular complexity index is 1990. The van der Waals surface area contributed by atoms with Gasteiger partial charge in [0.25, 0.3) is 0 Å². The van der Waals surface area contributed by atoms with Crippen molar-refractivity contribution < 1.29 is 28.6 Å². The van der Waals surface area contributed by atoms with Gasteiger partial charge in [0.05, 0.1) is 18.2 Å². The molecular weight excluding hydrogens is 658 g/mol. The van der Waals surface area contributed by atoms with E-state index in [2.05, 4.69) is 25.2 Å². The molecule has 4 atom stereocenters. The van der Waals surface area contributed by atoms with E-state index in [4.69, 9.17) is 0 Å². The van der Waals surface area contributed by atoms with Crippen LogP contribution in [0, 0.1) is 17.0 Å². The number of nitrogens with one attached hydrogen (secondary N) is 1. The molecule has 0 heterocycles. The Labute approximate surface area is 305 Å². The Morgan fingerprint density at radius 3 is 2.50 bits per heavy atom. The summed E-state index contributed by atoms with van der Waals surface area (Å²) in [4.78, 5) is 29.9. The van der Waals surface area contributed by atoms with Crippen molar-refractivity contribution in [2.45, 2.75) is 103 Å². The molecule has 3 N–H and O–H groups in total. The van der Waals surface area contributed by atoms with Crippen molar-refractivity contribution in [3.63, 3.8) is 0 Å². The minimum atomic E-state index is -1.34. The minimum Gasteiger partial charge on any atom is -0.393 e. The van der Waals surface area contributed by atoms with Gasteiger partial charge in [-0.2, -0.15) is 0 Å². The number of rotatable bonds is 7. The molecule has 52 heavy (non-hydrogen) atoms. The summed E-state index contributed by atoms with van der Waals surface area (Å²) in [6, 6.07) is 22.5. The SMILES string of the molecule is CC1=CCC[C@@]2(C)[C@@H](CC[C@@]2(O)CN(Cc2cccc3ccccc23)C(=O)NC(C)C)c2ccc(cc2C(=O)c2ccc(F)c(F)c2)C[C@@H](O)CC1. The van der Waals surface area contributed by atoms with Gasteiger partial charge in [0.15, 0.2) is 17.4 Å². The molecule has 0 aromatic heterocycles. The third kappa shape index (κ3) is 7.69. The van der Waals surface area contributed by atoms with Crippen LogP contribution in [-0.2, 0) is 13.0 Å². The molecule has 0 radical (unpaired) electrons. The van der Waals surface area contributed by atoms with E-state index in [1.807, 2.05) is 68.4 Å². The highest BCUT2D eigenvalue weighted by Gasteiger charge is 2.57. The normalized spacial score (nSPS) is 23.6. The van der Waals surface area contributed by atoms with Crippen LogP contribution in [0.15, 0.2) is 90.5 Å². The second-order valence-corrected chi connectivity index (χ2v) is 15.5. The Kier molecular flexibility index (Phi) is 11.0. The molecule has 6 nitrogen and oxygen atoms in total. The molecule has 0 aliphatic heterocycles. The number of carbonyl (C=O) groups excluding carboxylic acids is 2. The van der Waals surface area contributed by atoms with Crippen LogP contribution in [0.3, 0.4) is 0 Å². The molecule has 0 unspecified atom stereocenters. The lowest BCUT2D eigenvalue weighted by atomic mass is 9.64. The number of amides is 2. The maximum absolute atomic E-state index is 14.4. The van der Waals surface area contributed by atoms with E-state index < -0.39 is 34.5 Å². The summed E-state index contributed by atoms with van der Waals surface area (Å²) in [5.74, 6) is -2.88. The van der Waals surface area contributed by atoms with E-state index in [-0.39, 0.29) is 30.1 Å². The molecule has 0 saturated heterocycles. The predicted molar refractivity (Wildman–Crippen MR) is 201 cm³/mol. The number of ketones is 1. The van der Waals surface area contributed by atoms with Crippen LogP contribution < -0.4 is 5.32 Å². The van der Waals surface area contributed by atoms with Crippen molar-refractivity contribution >= 4 is 22.6 Å². The first-order valence-electron chi connectivity index (χ1n) is 18.5. The second-order valence-electron chi connectivity index (χ2n) is 15.5. The van der Waals surface area contributed by atoms with Gasteiger partial charge < -0.3 is 20.4 Å². The Morgan fingerprint density at radius 2 is 1.73 bits per heavy atom. The summed E-state index contributed by atoms with van der Waals surface area (Å²) < 4.78 is 28.4. The molecule has 4 aromatic carbocycles. The van der Waals surface area contributed by atoms with Crippen molar-refractivity contribution in [3.05, 3.63) is 130 Å². The van der Waals surface area contributed by atoms with Crippen molar-refractivity contribution in [1.29, 1.82) is 0 Å². The topological polar surface area (TPSA) is 89.9 Å². The average molecular weight is 709 g/mol. The number of benzene rings is 4. The third-order valence-corrected chi connectivity index (χ3v) is 11.5. The summed E-state index contributed by atoms with van der Waals surface area (Å²) in [5, 5.41) is 29.1. The molecule has 3 aliphatic rings. The second kappa shape index (κ2) is 15.3. The molecule has 1 fully saturated rings. The maximum Gasteiger partial charge on any atom is 0.317 e. The highest BCUT2D eigenvalue weighted by molar-refractivity contribution is 6.10. The fraction of sp³-hybridized carbons (Fsp3) is 0.409. The Morgan fingerprint density at radius 1 is 0.962 bits per heavy atom. The van der Waals surface area contributed by atoms with Gasteiger partial charge in [-0.05, 0) is 123 Å². The van der Waals surface area contributed by atoms with Crippen LogP contribution in [0.5, 0.6) is 0 Å². The van der Waals surface area contributed by atoms with Gasteiger partial charge in [-0.25, -0.2) is 13.6 Å². The largest absolute Gasteiger partial charge is 0.393 e. The monoisotopic (exact) mass is 708 g/mol.